The molecule has 0 aromatic heterocycles. The minimum Gasteiger partial charge on any atom is -0.497 e. The Balaban J connectivity index is 1.63. The number of nitrogens with zero attached hydrogens (tertiary/aromatic N) is 1. The van der Waals surface area contributed by atoms with Crippen molar-refractivity contribution in [3.63, 3.8) is 0 Å². The molecule has 0 bridgehead atoms. The van der Waals surface area contributed by atoms with Gasteiger partial charge in [-0.15, -0.1) is 0 Å². The molecule has 2 aromatic carbocycles. The molecule has 0 fully saturated rings. The zero-order valence-electron chi connectivity index (χ0n) is 17.3. The molecular weight excluding hydrogens is 366 g/mol. The zero-order valence-corrected chi connectivity index (χ0v) is 17.3. The largest absolute Gasteiger partial charge is 0.497 e. The normalized spacial score (nSPS) is 12.6. The molecule has 3 amide bonds. The van der Waals surface area contributed by atoms with Crippen LogP contribution in [0.4, 0.5) is 10.5 Å². The fourth-order valence-corrected chi connectivity index (χ4v) is 3.35. The molecule has 6 heteroatoms. The molecule has 0 unspecified atom stereocenters. The Morgan fingerprint density at radius 1 is 1.10 bits per heavy atom. The van der Waals surface area contributed by atoms with Gasteiger partial charge < -0.3 is 20.3 Å². The standard InChI is InChI=1S/C23H29N3O3/c1-16(2)10-12-24-23(28)25-15-17-4-5-18-11-13-26(21(18)14-17)22(27)19-6-8-20(29-3)9-7-19/h4-9,14,16H,10-13,15H2,1-3H3,(H2,24,25,28). The van der Waals surface area contributed by atoms with Crippen molar-refractivity contribution in [2.75, 3.05) is 25.1 Å². The van der Waals surface area contributed by atoms with E-state index in [4.69, 9.17) is 4.74 Å². The zero-order chi connectivity index (χ0) is 20.8. The number of hydrogen-bond donors (Lipinski definition) is 2. The predicted molar refractivity (Wildman–Crippen MR) is 115 cm³/mol. The summed E-state index contributed by atoms with van der Waals surface area (Å²) in [5.74, 6) is 1.26. The summed E-state index contributed by atoms with van der Waals surface area (Å²) in [5.41, 5.74) is 3.67. The Hall–Kier alpha value is -3.02. The maximum Gasteiger partial charge on any atom is 0.315 e. The molecular formula is C23H29N3O3. The lowest BCUT2D eigenvalue weighted by molar-refractivity contribution is 0.0989. The van der Waals surface area contributed by atoms with Crippen LogP contribution in [-0.2, 0) is 13.0 Å². The molecule has 0 radical (unpaired) electrons. The molecule has 29 heavy (non-hydrogen) atoms. The van der Waals surface area contributed by atoms with Gasteiger partial charge in [0, 0.05) is 30.9 Å². The molecule has 154 valence electrons. The van der Waals surface area contributed by atoms with E-state index in [0.29, 0.717) is 31.1 Å². The quantitative estimate of drug-likeness (QED) is 0.750. The highest BCUT2D eigenvalue weighted by Crippen LogP contribution is 2.30. The van der Waals surface area contributed by atoms with Crippen LogP contribution in [0.5, 0.6) is 5.75 Å². The summed E-state index contributed by atoms with van der Waals surface area (Å²) in [6.07, 6.45) is 1.79. The third-order valence-corrected chi connectivity index (χ3v) is 5.09. The van der Waals surface area contributed by atoms with Crippen LogP contribution >= 0.6 is 0 Å². The number of ether oxygens (including phenoxy) is 1. The Kier molecular flexibility index (Phi) is 6.75. The van der Waals surface area contributed by atoms with Gasteiger partial charge in [-0.1, -0.05) is 26.0 Å². The van der Waals surface area contributed by atoms with Crippen molar-refractivity contribution in [3.05, 3.63) is 59.2 Å². The first-order chi connectivity index (χ1) is 14.0. The molecule has 3 rings (SSSR count). The van der Waals surface area contributed by atoms with Crippen molar-refractivity contribution >= 4 is 17.6 Å². The number of benzene rings is 2. The van der Waals surface area contributed by atoms with E-state index in [9.17, 15) is 9.59 Å². The molecule has 2 N–H and O–H groups in total. The molecule has 0 atom stereocenters. The number of fused-ring (bicyclic) bond motifs is 1. The number of methoxy groups -OCH3 is 1. The number of carbonyl (C=O) groups is 2. The summed E-state index contributed by atoms with van der Waals surface area (Å²) in [5, 5.41) is 5.75. The second-order valence-corrected chi connectivity index (χ2v) is 7.69. The van der Waals surface area contributed by atoms with Gasteiger partial charge in [0.15, 0.2) is 0 Å². The third-order valence-electron chi connectivity index (χ3n) is 5.09. The summed E-state index contributed by atoms with van der Waals surface area (Å²) in [6.45, 7) is 6.00. The Bertz CT molecular complexity index is 862. The second kappa shape index (κ2) is 9.45. The molecule has 0 spiro atoms. The van der Waals surface area contributed by atoms with Crippen LogP contribution in [0, 0.1) is 5.92 Å². The third kappa shape index (κ3) is 5.28. The van der Waals surface area contributed by atoms with Gasteiger partial charge in [0.25, 0.3) is 5.91 Å². The maximum absolute atomic E-state index is 13.0. The van der Waals surface area contributed by atoms with Gasteiger partial charge in [-0.05, 0) is 60.2 Å². The second-order valence-electron chi connectivity index (χ2n) is 7.69. The SMILES string of the molecule is COc1ccc(C(=O)N2CCc3ccc(CNC(=O)NCCC(C)C)cc32)cc1. The van der Waals surface area contributed by atoms with Crippen molar-refractivity contribution in [2.24, 2.45) is 5.92 Å². The average Bonchev–Trinajstić information content (AvgIpc) is 3.14. The smallest absolute Gasteiger partial charge is 0.315 e. The van der Waals surface area contributed by atoms with Crippen LogP contribution in [0.3, 0.4) is 0 Å². The molecule has 1 aliphatic rings. The van der Waals surface area contributed by atoms with E-state index >= 15 is 0 Å². The molecule has 1 heterocycles. The van der Waals surface area contributed by atoms with Crippen molar-refractivity contribution in [1.29, 1.82) is 0 Å². The van der Waals surface area contributed by atoms with E-state index in [-0.39, 0.29) is 11.9 Å². The van der Waals surface area contributed by atoms with E-state index in [1.165, 1.54) is 0 Å². The minimum atomic E-state index is -0.169. The van der Waals surface area contributed by atoms with Crippen LogP contribution < -0.4 is 20.3 Å². The van der Waals surface area contributed by atoms with Gasteiger partial charge in [-0.2, -0.15) is 0 Å². The number of anilines is 1. The minimum absolute atomic E-state index is 0.0251. The number of amides is 3. The summed E-state index contributed by atoms with van der Waals surface area (Å²) in [6, 6.07) is 13.0. The average molecular weight is 396 g/mol. The number of hydrogen-bond acceptors (Lipinski definition) is 3. The van der Waals surface area contributed by atoms with E-state index in [0.717, 1.165) is 35.4 Å². The summed E-state index contributed by atoms with van der Waals surface area (Å²) in [7, 11) is 1.60. The van der Waals surface area contributed by atoms with Gasteiger partial charge in [0.05, 0.1) is 7.11 Å². The maximum atomic E-state index is 13.0. The van der Waals surface area contributed by atoms with Crippen molar-refractivity contribution in [1.82, 2.24) is 10.6 Å². The van der Waals surface area contributed by atoms with Crippen LogP contribution in [0.15, 0.2) is 42.5 Å². The van der Waals surface area contributed by atoms with Gasteiger partial charge in [-0.3, -0.25) is 4.79 Å². The van der Waals surface area contributed by atoms with Crippen molar-refractivity contribution < 1.29 is 14.3 Å². The van der Waals surface area contributed by atoms with Crippen LogP contribution in [0.2, 0.25) is 0 Å². The molecule has 0 aliphatic carbocycles. The number of urea groups is 1. The van der Waals surface area contributed by atoms with E-state index in [1.54, 1.807) is 31.4 Å². The lowest BCUT2D eigenvalue weighted by atomic mass is 10.1. The summed E-state index contributed by atoms with van der Waals surface area (Å²) >= 11 is 0. The lowest BCUT2D eigenvalue weighted by Gasteiger charge is -2.18. The predicted octanol–water partition coefficient (Wildman–Crippen LogP) is 3.74. The van der Waals surface area contributed by atoms with Crippen molar-refractivity contribution in [3.8, 4) is 5.75 Å². The fourth-order valence-electron chi connectivity index (χ4n) is 3.35. The van der Waals surface area contributed by atoms with E-state index in [2.05, 4.69) is 24.5 Å². The topological polar surface area (TPSA) is 70.7 Å². The first-order valence-electron chi connectivity index (χ1n) is 10.1. The highest BCUT2D eigenvalue weighted by Gasteiger charge is 2.25. The molecule has 0 saturated carbocycles. The van der Waals surface area contributed by atoms with Crippen molar-refractivity contribution in [2.45, 2.75) is 33.2 Å². The van der Waals surface area contributed by atoms with E-state index < -0.39 is 0 Å². The molecule has 0 saturated heterocycles. The highest BCUT2D eigenvalue weighted by molar-refractivity contribution is 6.07. The van der Waals surface area contributed by atoms with Crippen LogP contribution in [-0.4, -0.2) is 32.1 Å². The Labute approximate surface area is 172 Å². The Morgan fingerprint density at radius 3 is 2.55 bits per heavy atom. The lowest BCUT2D eigenvalue weighted by Crippen LogP contribution is -2.36. The summed E-state index contributed by atoms with van der Waals surface area (Å²) in [4.78, 5) is 26.7. The first-order valence-corrected chi connectivity index (χ1v) is 10.1. The van der Waals surface area contributed by atoms with Crippen LogP contribution in [0.1, 0.15) is 41.8 Å². The number of carbonyl (C=O) groups excluding carboxylic acids is 2. The van der Waals surface area contributed by atoms with Crippen LogP contribution in [0.25, 0.3) is 0 Å². The van der Waals surface area contributed by atoms with Gasteiger partial charge in [0.1, 0.15) is 5.75 Å². The first kappa shape index (κ1) is 20.7. The highest BCUT2D eigenvalue weighted by atomic mass is 16.5. The Morgan fingerprint density at radius 2 is 1.86 bits per heavy atom. The van der Waals surface area contributed by atoms with Gasteiger partial charge in [-0.25, -0.2) is 4.79 Å². The van der Waals surface area contributed by atoms with Gasteiger partial charge in [0.2, 0.25) is 0 Å². The molecule has 2 aromatic rings. The van der Waals surface area contributed by atoms with Gasteiger partial charge >= 0.3 is 6.03 Å². The van der Waals surface area contributed by atoms with E-state index in [1.807, 2.05) is 23.1 Å². The molecule has 1 aliphatic heterocycles. The summed E-state index contributed by atoms with van der Waals surface area (Å²) < 4.78 is 5.16. The fraction of sp³-hybridized carbons (Fsp3) is 0.391. The monoisotopic (exact) mass is 395 g/mol. The number of rotatable bonds is 7. The molecule has 6 nitrogen and oxygen atoms in total. The number of nitrogens with one attached hydrogen (secondary N) is 2.